The molecular weight excluding hydrogens is 689 g/mol. The first-order valence-corrected chi connectivity index (χ1v) is 20.4. The van der Waals surface area contributed by atoms with E-state index in [2.05, 4.69) is 16.0 Å². The summed E-state index contributed by atoms with van der Waals surface area (Å²) in [6, 6.07) is 3.40. The van der Waals surface area contributed by atoms with Gasteiger partial charge >= 0.3 is 12.1 Å². The van der Waals surface area contributed by atoms with Gasteiger partial charge in [-0.1, -0.05) is 82.9 Å². The molecule has 4 amide bonds. The summed E-state index contributed by atoms with van der Waals surface area (Å²) in [5.74, 6) is -3.12. The minimum absolute atomic E-state index is 0.00883. The number of nitrogens with one attached hydrogen (secondary N) is 3. The van der Waals surface area contributed by atoms with Crippen LogP contribution in [0.2, 0.25) is 0 Å². The molecule has 14 heteroatoms. The molecule has 2 aliphatic heterocycles. The van der Waals surface area contributed by atoms with Gasteiger partial charge in [0.2, 0.25) is 11.8 Å². The average molecular weight is 749 g/mol. The second-order valence-corrected chi connectivity index (χ2v) is 17.6. The molecule has 0 saturated carbocycles. The molecule has 2 aliphatic rings. The number of fused-ring (bicyclic) bond motifs is 1. The first-order valence-electron chi connectivity index (χ1n) is 18.7. The number of benzene rings is 1. The van der Waals surface area contributed by atoms with Gasteiger partial charge in [0.05, 0.1) is 10.9 Å². The third kappa shape index (κ3) is 13.4. The summed E-state index contributed by atoms with van der Waals surface area (Å²) in [7, 11) is -3.92. The minimum Gasteiger partial charge on any atom is -0.450 e. The Hall–Kier alpha value is -3.68. The van der Waals surface area contributed by atoms with E-state index in [0.717, 1.165) is 51.0 Å². The number of carbonyl (C=O) groups excluding carboxylic acids is 5. The van der Waals surface area contributed by atoms with Gasteiger partial charge in [0.1, 0.15) is 23.6 Å². The van der Waals surface area contributed by atoms with Crippen LogP contribution in [0.25, 0.3) is 0 Å². The fraction of sp³-hybridized carbons (Fsp3) is 0.711. The Labute approximate surface area is 309 Å². The number of rotatable bonds is 8. The maximum absolute atomic E-state index is 14.3. The molecule has 13 nitrogen and oxygen atoms in total. The van der Waals surface area contributed by atoms with Gasteiger partial charge in [-0.15, -0.1) is 0 Å². The van der Waals surface area contributed by atoms with E-state index in [1.165, 1.54) is 17.0 Å². The van der Waals surface area contributed by atoms with Crippen molar-refractivity contribution in [2.45, 2.75) is 154 Å². The zero-order chi connectivity index (χ0) is 38.6. The van der Waals surface area contributed by atoms with Crippen LogP contribution >= 0.6 is 0 Å². The van der Waals surface area contributed by atoms with E-state index in [1.54, 1.807) is 32.9 Å². The maximum Gasteiger partial charge on any atom is 0.408 e. The van der Waals surface area contributed by atoms with Gasteiger partial charge in [0.15, 0.2) is 15.9 Å². The molecule has 0 bridgehead atoms. The van der Waals surface area contributed by atoms with Crippen molar-refractivity contribution in [2.75, 3.05) is 12.4 Å². The number of amides is 4. The summed E-state index contributed by atoms with van der Waals surface area (Å²) in [5.41, 5.74) is 0.106. The lowest BCUT2D eigenvalue weighted by atomic mass is 9.93. The van der Waals surface area contributed by atoms with Gasteiger partial charge in [-0.05, 0) is 70.9 Å². The predicted octanol–water partition coefficient (Wildman–Crippen LogP) is 4.94. The fourth-order valence-corrected chi connectivity index (χ4v) is 7.74. The van der Waals surface area contributed by atoms with E-state index in [0.29, 0.717) is 32.2 Å². The molecule has 5 atom stereocenters. The van der Waals surface area contributed by atoms with Crippen molar-refractivity contribution < 1.29 is 41.9 Å². The van der Waals surface area contributed by atoms with Gasteiger partial charge in [0, 0.05) is 13.5 Å². The molecule has 2 saturated heterocycles. The predicted molar refractivity (Wildman–Crippen MR) is 197 cm³/mol. The normalized spacial score (nSPS) is 23.5. The monoisotopic (exact) mass is 748 g/mol. The second kappa shape index (κ2) is 19.4. The highest BCUT2D eigenvalue weighted by Crippen LogP contribution is 2.31. The van der Waals surface area contributed by atoms with Crippen molar-refractivity contribution in [3.8, 4) is 0 Å². The largest absolute Gasteiger partial charge is 0.450 e. The topological polar surface area (TPSA) is 177 Å². The third-order valence-electron chi connectivity index (χ3n) is 9.67. The molecule has 1 aromatic rings. The minimum atomic E-state index is -3.92. The van der Waals surface area contributed by atoms with Crippen LogP contribution < -0.4 is 16.0 Å². The number of aryl methyl sites for hydroxylation is 1. The highest BCUT2D eigenvalue weighted by atomic mass is 32.2. The number of esters is 1. The van der Waals surface area contributed by atoms with E-state index in [4.69, 9.17) is 9.47 Å². The molecule has 1 aromatic carbocycles. The van der Waals surface area contributed by atoms with Crippen LogP contribution in [-0.4, -0.2) is 85.4 Å². The quantitative estimate of drug-likeness (QED) is 0.311. The standard InChI is InChI=1S/C38H60N4O9S/c1-25(2)28-22-32-34(44)40-30(33(50-27(4)43)35(45)39-24-52(48,49)29-20-18-26(3)19-21-29)16-14-12-10-8-9-11-13-15-17-31(36(46)42(32)23-28)41-37(47)51-38(5,6)7/h18-21,25,28,30-33H,8-17,22-24H2,1-7H3,(H,39,45)(H,40,44)(H,41,47)/t28?,30-,31-,32-,33?/m0/s1. The van der Waals surface area contributed by atoms with Crippen molar-refractivity contribution in [2.24, 2.45) is 11.8 Å². The molecular formula is C38H60N4O9S. The Morgan fingerprint density at radius 3 is 2.08 bits per heavy atom. The molecule has 2 fully saturated rings. The molecule has 0 spiro atoms. The van der Waals surface area contributed by atoms with Crippen LogP contribution in [0.5, 0.6) is 0 Å². The lowest BCUT2D eigenvalue weighted by molar-refractivity contribution is -0.156. The Morgan fingerprint density at radius 2 is 1.52 bits per heavy atom. The molecule has 0 aromatic heterocycles. The molecule has 52 heavy (non-hydrogen) atoms. The molecule has 2 unspecified atom stereocenters. The maximum atomic E-state index is 14.3. The first-order chi connectivity index (χ1) is 24.4. The van der Waals surface area contributed by atoms with Crippen molar-refractivity contribution in [1.82, 2.24) is 20.9 Å². The van der Waals surface area contributed by atoms with E-state index in [9.17, 15) is 32.4 Å². The van der Waals surface area contributed by atoms with Crippen LogP contribution in [-0.2, 0) is 38.5 Å². The van der Waals surface area contributed by atoms with Gasteiger partial charge < -0.3 is 30.3 Å². The number of hydrogen-bond donors (Lipinski definition) is 3. The zero-order valence-corrected chi connectivity index (χ0v) is 32.8. The first kappa shape index (κ1) is 42.7. The van der Waals surface area contributed by atoms with Gasteiger partial charge in [0.25, 0.3) is 5.91 Å². The van der Waals surface area contributed by atoms with Crippen molar-refractivity contribution >= 4 is 39.6 Å². The van der Waals surface area contributed by atoms with Crippen LogP contribution in [0.15, 0.2) is 29.2 Å². The summed E-state index contributed by atoms with van der Waals surface area (Å²) in [6.07, 6.45) is 5.69. The SMILES string of the molecule is CC(=O)OC(C(=O)NCS(=O)(=O)c1ccc(C)cc1)[C@@H]1CCCCCCCCCC[C@H](NC(=O)OC(C)(C)C)C(=O)N2CC(C(C)C)C[C@H]2C(=O)N1. The van der Waals surface area contributed by atoms with Gasteiger partial charge in [-0.25, -0.2) is 13.2 Å². The number of carbonyl (C=O) groups is 5. The Bertz CT molecular complexity index is 1490. The second-order valence-electron chi connectivity index (χ2n) is 15.6. The summed E-state index contributed by atoms with van der Waals surface area (Å²) in [4.78, 5) is 68.9. The molecule has 292 valence electrons. The summed E-state index contributed by atoms with van der Waals surface area (Å²) < 4.78 is 37.1. The average Bonchev–Trinajstić information content (AvgIpc) is 3.51. The van der Waals surface area contributed by atoms with Crippen LogP contribution in [0.1, 0.15) is 118 Å². The number of sulfone groups is 1. The smallest absolute Gasteiger partial charge is 0.408 e. The number of alkyl carbamates (subject to hydrolysis) is 1. The number of hydrogen-bond acceptors (Lipinski definition) is 9. The van der Waals surface area contributed by atoms with E-state index < -0.39 is 69.4 Å². The van der Waals surface area contributed by atoms with Crippen LogP contribution in [0.3, 0.4) is 0 Å². The number of ether oxygens (including phenoxy) is 2. The lowest BCUT2D eigenvalue weighted by Crippen LogP contribution is -2.58. The molecule has 3 N–H and O–H groups in total. The number of nitrogens with zero attached hydrogens (tertiary/aromatic N) is 1. The zero-order valence-electron chi connectivity index (χ0n) is 32.0. The Balaban J connectivity index is 1.93. The van der Waals surface area contributed by atoms with Gasteiger partial charge in [-0.3, -0.25) is 19.2 Å². The van der Waals surface area contributed by atoms with Crippen LogP contribution in [0.4, 0.5) is 4.79 Å². The van der Waals surface area contributed by atoms with E-state index >= 15 is 0 Å². The Morgan fingerprint density at radius 1 is 0.942 bits per heavy atom. The lowest BCUT2D eigenvalue weighted by Gasteiger charge is -2.32. The van der Waals surface area contributed by atoms with Crippen molar-refractivity contribution in [3.05, 3.63) is 29.8 Å². The van der Waals surface area contributed by atoms with Crippen LogP contribution in [0, 0.1) is 18.8 Å². The molecule has 0 aliphatic carbocycles. The molecule has 3 rings (SSSR count). The van der Waals surface area contributed by atoms with Crippen molar-refractivity contribution in [1.29, 1.82) is 0 Å². The van der Waals surface area contributed by atoms with E-state index in [1.807, 2.05) is 20.8 Å². The Kier molecular flexibility index (Phi) is 16.0. The molecule has 0 radical (unpaired) electrons. The highest BCUT2D eigenvalue weighted by Gasteiger charge is 2.44. The molecule has 2 heterocycles. The van der Waals surface area contributed by atoms with E-state index in [-0.39, 0.29) is 29.1 Å². The summed E-state index contributed by atoms with van der Waals surface area (Å²) in [5, 5.41) is 8.13. The third-order valence-corrected chi connectivity index (χ3v) is 11.2. The van der Waals surface area contributed by atoms with Gasteiger partial charge in [-0.2, -0.15) is 0 Å². The highest BCUT2D eigenvalue weighted by molar-refractivity contribution is 7.91. The summed E-state index contributed by atoms with van der Waals surface area (Å²) >= 11 is 0. The fourth-order valence-electron chi connectivity index (χ4n) is 6.70. The van der Waals surface area contributed by atoms with Crippen molar-refractivity contribution in [3.63, 3.8) is 0 Å². The summed E-state index contributed by atoms with van der Waals surface area (Å²) in [6.45, 7) is 12.6.